The fraction of sp³-hybridized carbons (Fsp3) is 0.150. The molecule has 0 saturated heterocycles. The number of aryl methyl sites for hydroxylation is 4. The van der Waals surface area contributed by atoms with Crippen LogP contribution >= 0.6 is 0 Å². The third-order valence-electron chi connectivity index (χ3n) is 16.1. The molecule has 0 aliphatic carbocycles. The van der Waals surface area contributed by atoms with Crippen LogP contribution in [0.25, 0.3) is 110 Å². The smallest absolute Gasteiger partial charge is 0.255 e. The number of hydrogen-bond acceptors (Lipinski definition) is 12. The molecule has 0 spiro atoms. The molecule has 16 aromatic rings. The summed E-state index contributed by atoms with van der Waals surface area (Å²) in [5.74, 6) is 0. The van der Waals surface area contributed by atoms with Gasteiger partial charge in [-0.1, -0.05) is 136 Å². The Morgan fingerprint density at radius 2 is 0.404 bits per heavy atom. The van der Waals surface area contributed by atoms with Crippen molar-refractivity contribution in [1.29, 1.82) is 0 Å². The quantitative estimate of drug-likeness (QED) is 0.0613. The van der Waals surface area contributed by atoms with Crippen molar-refractivity contribution in [2.24, 2.45) is 0 Å². The van der Waals surface area contributed by atoms with Gasteiger partial charge in [0.25, 0.3) is 0 Å². The summed E-state index contributed by atoms with van der Waals surface area (Å²) in [5, 5.41) is 9.10. The zero-order valence-electron chi connectivity index (χ0n) is 52.5. The Balaban J connectivity index is 0.000000138. The first-order valence-electron chi connectivity index (χ1n) is 31.6. The first-order valence-corrected chi connectivity index (χ1v) is 31.6. The topological polar surface area (TPSA) is 155 Å². The molecule has 462 valence electrons. The molecule has 0 aliphatic heterocycles. The summed E-state index contributed by atoms with van der Waals surface area (Å²) >= 11 is 0. The van der Waals surface area contributed by atoms with Gasteiger partial charge in [0.05, 0.1) is 66.9 Å². The summed E-state index contributed by atoms with van der Waals surface area (Å²) in [7, 11) is 0. The van der Waals surface area contributed by atoms with Crippen LogP contribution in [-0.4, -0.2) is 59.8 Å². The normalized spacial score (nSPS) is 10.7. The van der Waals surface area contributed by atoms with Gasteiger partial charge in [-0.3, -0.25) is 59.8 Å². The average molecular weight is 1400 g/mol. The van der Waals surface area contributed by atoms with Gasteiger partial charge in [0.2, 0.25) is 0 Å². The van der Waals surface area contributed by atoms with Crippen molar-refractivity contribution < 1.29 is 39.0 Å². The summed E-state index contributed by atoms with van der Waals surface area (Å²) in [5.41, 5.74) is 16.9. The van der Waals surface area contributed by atoms with Crippen molar-refractivity contribution in [2.45, 2.75) is 78.1 Å². The summed E-state index contributed by atoms with van der Waals surface area (Å²) in [4.78, 5) is 52.7. The zero-order chi connectivity index (χ0) is 62.5. The van der Waals surface area contributed by atoms with Crippen LogP contribution in [-0.2, 0) is 51.8 Å². The van der Waals surface area contributed by atoms with Crippen molar-refractivity contribution >= 4 is 87.2 Å². The van der Waals surface area contributed by atoms with Crippen molar-refractivity contribution in [1.82, 2.24) is 59.8 Å². The van der Waals surface area contributed by atoms with E-state index < -0.39 is 0 Å². The first kappa shape index (κ1) is 66.9. The first-order chi connectivity index (χ1) is 45.5. The Labute approximate surface area is 573 Å². The van der Waals surface area contributed by atoms with Gasteiger partial charge in [-0.25, -0.2) is 0 Å². The van der Waals surface area contributed by atoms with E-state index in [0.717, 1.165) is 123 Å². The molecule has 12 nitrogen and oxygen atoms in total. The third-order valence-corrected chi connectivity index (χ3v) is 16.1. The predicted octanol–water partition coefficient (Wildman–Crippen LogP) is 19.3. The fourth-order valence-corrected chi connectivity index (χ4v) is 11.3. The summed E-state index contributed by atoms with van der Waals surface area (Å²) in [6.45, 7) is 4.19. The van der Waals surface area contributed by atoms with Crippen LogP contribution in [0.4, 0.5) is 0 Å². The standard InChI is InChI=1S/C32H38N4.4C12H8N2.2Ru/c1-25-13-17-33-29(21-25)31-23-27(15-19-35-31)11-9-7-5-3-4-6-8-10-12-28-16-20-36-32(24-28)30-22-26(2)14-18-34-30;4*1-3-9-5-6-10-4-2-8-14-12(10)11(9)13-7-1;;/h13-24H,3-12H2,1-2H3;4*1-8H;;/q;;;;;2*+2. The number of nitrogens with zero attached hydrogens (tertiary/aromatic N) is 12. The van der Waals surface area contributed by atoms with E-state index in [-0.39, 0.29) is 39.0 Å². The maximum Gasteiger partial charge on any atom is 2.00 e. The summed E-state index contributed by atoms with van der Waals surface area (Å²) in [6, 6.07) is 65.5. The monoisotopic (exact) mass is 1400 g/mol. The molecule has 12 aromatic heterocycles. The van der Waals surface area contributed by atoms with Crippen LogP contribution in [0.15, 0.2) is 268 Å². The van der Waals surface area contributed by atoms with E-state index in [0.29, 0.717) is 0 Å². The van der Waals surface area contributed by atoms with E-state index in [1.165, 1.54) is 73.6 Å². The van der Waals surface area contributed by atoms with Crippen molar-refractivity contribution in [3.8, 4) is 22.8 Å². The molecule has 0 fully saturated rings. The third kappa shape index (κ3) is 17.6. The zero-order valence-corrected chi connectivity index (χ0v) is 56.0. The molecule has 12 heterocycles. The fourth-order valence-electron chi connectivity index (χ4n) is 11.3. The van der Waals surface area contributed by atoms with Gasteiger partial charge in [-0.05, 0) is 159 Å². The van der Waals surface area contributed by atoms with Crippen LogP contribution < -0.4 is 0 Å². The van der Waals surface area contributed by atoms with Crippen LogP contribution in [0.1, 0.15) is 73.6 Å². The maximum atomic E-state index is 4.52. The number of unbranched alkanes of at least 4 members (excludes halogenated alkanes) is 7. The number of aromatic nitrogens is 12. The van der Waals surface area contributed by atoms with Gasteiger partial charge in [-0.2, -0.15) is 0 Å². The molecule has 0 saturated carbocycles. The van der Waals surface area contributed by atoms with Crippen LogP contribution in [0.3, 0.4) is 0 Å². The second-order valence-electron chi connectivity index (χ2n) is 22.7. The Bertz CT molecular complexity index is 4350. The van der Waals surface area contributed by atoms with Crippen LogP contribution in [0.5, 0.6) is 0 Å². The molecule has 16 rings (SSSR count). The van der Waals surface area contributed by atoms with E-state index in [1.807, 2.05) is 85.5 Å². The molecule has 94 heavy (non-hydrogen) atoms. The Morgan fingerprint density at radius 3 is 0.628 bits per heavy atom. The largest absolute Gasteiger partial charge is 2.00 e. The average Bonchev–Trinajstić information content (AvgIpc) is 1.12. The van der Waals surface area contributed by atoms with E-state index in [2.05, 4.69) is 207 Å². The molecule has 0 aliphatic rings. The molecule has 0 unspecified atom stereocenters. The van der Waals surface area contributed by atoms with E-state index >= 15 is 0 Å². The van der Waals surface area contributed by atoms with Crippen LogP contribution in [0.2, 0.25) is 0 Å². The minimum atomic E-state index is 0. The van der Waals surface area contributed by atoms with Gasteiger partial charge >= 0.3 is 39.0 Å². The molecule has 0 N–H and O–H groups in total. The van der Waals surface area contributed by atoms with Gasteiger partial charge in [0.15, 0.2) is 0 Å². The molecule has 0 atom stereocenters. The molecular formula is C80H70N12Ru2+4. The Kier molecular flexibility index (Phi) is 24.3. The Hall–Kier alpha value is -9.99. The summed E-state index contributed by atoms with van der Waals surface area (Å²) < 4.78 is 0. The van der Waals surface area contributed by atoms with Gasteiger partial charge in [0, 0.05) is 117 Å². The SMILES string of the molecule is Cc1ccnc(-c2cc(CCCCCCCCCCc3ccnc(-c4cc(C)ccn4)c3)ccn2)c1.[Ru+2].[Ru+2].c1cnc2c(c1)ccc1cccnc12.c1cnc2c(c1)ccc1cccnc12.c1cnc2c(c1)ccc1cccnc12.c1cnc2c(c1)ccc1cccnc12. The van der Waals surface area contributed by atoms with E-state index in [9.17, 15) is 0 Å². The molecule has 0 bridgehead atoms. The minimum absolute atomic E-state index is 0. The molecule has 0 amide bonds. The number of rotatable bonds is 13. The van der Waals surface area contributed by atoms with Gasteiger partial charge in [-0.15, -0.1) is 0 Å². The van der Waals surface area contributed by atoms with Crippen molar-refractivity contribution in [3.05, 3.63) is 291 Å². The minimum Gasteiger partial charge on any atom is -0.255 e. The van der Waals surface area contributed by atoms with Crippen molar-refractivity contribution in [3.63, 3.8) is 0 Å². The maximum absolute atomic E-state index is 4.52. The van der Waals surface area contributed by atoms with E-state index in [4.69, 9.17) is 0 Å². The van der Waals surface area contributed by atoms with Crippen LogP contribution in [0, 0.1) is 13.8 Å². The second-order valence-corrected chi connectivity index (χ2v) is 22.7. The number of hydrogen-bond donors (Lipinski definition) is 0. The van der Waals surface area contributed by atoms with Crippen molar-refractivity contribution in [2.75, 3.05) is 0 Å². The molecule has 4 aromatic carbocycles. The Morgan fingerprint density at radius 1 is 0.202 bits per heavy atom. The predicted molar refractivity (Wildman–Crippen MR) is 377 cm³/mol. The number of pyridine rings is 12. The second kappa shape index (κ2) is 34.1. The van der Waals surface area contributed by atoms with Gasteiger partial charge < -0.3 is 0 Å². The molecule has 14 heteroatoms. The number of fused-ring (bicyclic) bond motifs is 12. The summed E-state index contributed by atoms with van der Waals surface area (Å²) in [6.07, 6.45) is 34.6. The van der Waals surface area contributed by atoms with E-state index in [1.54, 1.807) is 49.6 Å². The molecule has 0 radical (unpaired) electrons. The molecular weight excluding hydrogens is 1330 g/mol. The van der Waals surface area contributed by atoms with Gasteiger partial charge in [0.1, 0.15) is 0 Å². The number of benzene rings is 4.